The number of aliphatic hydroxyl groups is 3. The van der Waals surface area contributed by atoms with E-state index in [1.807, 2.05) is 5.32 Å². The van der Waals surface area contributed by atoms with Gasteiger partial charge in [0.2, 0.25) is 5.91 Å². The van der Waals surface area contributed by atoms with Gasteiger partial charge in [0.05, 0.1) is 18.7 Å². The summed E-state index contributed by atoms with van der Waals surface area (Å²) in [6, 6.07) is -3.56. The average molecular weight is 370 g/mol. The fraction of sp³-hybridized carbons (Fsp3) is 0.750. The van der Waals surface area contributed by atoms with Gasteiger partial charge < -0.3 is 41.5 Å². The predicted octanol–water partition coefficient (Wildman–Crippen LogP) is -3.46. The maximum atomic E-state index is 14.6. The Labute approximate surface area is 140 Å². The van der Waals surface area contributed by atoms with Crippen molar-refractivity contribution in [3.05, 3.63) is 0 Å². The normalized spacial score (nSPS) is 34.6. The number of alkyl halides is 2. The number of carbonyl (C=O) groups is 2. The van der Waals surface area contributed by atoms with E-state index in [-0.39, 0.29) is 0 Å². The molecular formula is C12H20F2N4O7. The Morgan fingerprint density at radius 3 is 2.32 bits per heavy atom. The van der Waals surface area contributed by atoms with Gasteiger partial charge in [-0.05, 0) is 0 Å². The van der Waals surface area contributed by atoms with Crippen LogP contribution in [0.4, 0.5) is 8.78 Å². The Morgan fingerprint density at radius 1 is 1.36 bits per heavy atom. The Kier molecular flexibility index (Phi) is 6.59. The largest absolute Gasteiger partial charge is 0.477 e. The first-order valence-electron chi connectivity index (χ1n) is 7.04. The molecule has 0 radical (unpaired) electrons. The van der Waals surface area contributed by atoms with Crippen molar-refractivity contribution < 1.29 is 43.5 Å². The Hall–Kier alpha value is -2.09. The van der Waals surface area contributed by atoms with Crippen molar-refractivity contribution in [2.75, 3.05) is 6.61 Å². The van der Waals surface area contributed by atoms with E-state index in [2.05, 4.69) is 10.1 Å². The Balaban J connectivity index is 3.38. The van der Waals surface area contributed by atoms with Gasteiger partial charge in [0.25, 0.3) is 0 Å². The summed E-state index contributed by atoms with van der Waals surface area (Å²) in [6.07, 6.45) is -8.94. The number of hydrogen-bond acceptors (Lipinski definition) is 7. The maximum Gasteiger partial charge on any atom is 0.372 e. The standard InChI is InChI=1S/C12H20F2N4O7/c1-3(20)17-5-6(18-11(15)16)9(13)12(14,10(23)24)25-8(5)7(22)4(21)2-19/h4-9,19,21-22H,2H2,1H3,(H,17,20)(H,23,24)(H4,15,16,18)/t4-,5?,6?,7-,8?,9?,12-/m1/s1. The Morgan fingerprint density at radius 2 is 1.92 bits per heavy atom. The highest BCUT2D eigenvalue weighted by Crippen LogP contribution is 2.35. The van der Waals surface area contributed by atoms with E-state index in [1.54, 1.807) is 0 Å². The molecule has 11 nitrogen and oxygen atoms in total. The summed E-state index contributed by atoms with van der Waals surface area (Å²) in [5.74, 6) is -7.99. The number of halogens is 2. The van der Waals surface area contributed by atoms with Crippen LogP contribution in [0.15, 0.2) is 0 Å². The summed E-state index contributed by atoms with van der Waals surface area (Å²) in [6.45, 7) is -0.0114. The van der Waals surface area contributed by atoms with Gasteiger partial charge in [0.15, 0.2) is 12.1 Å². The minimum absolute atomic E-state index is 0.784. The van der Waals surface area contributed by atoms with Gasteiger partial charge in [-0.2, -0.15) is 4.39 Å². The molecule has 1 saturated heterocycles. The Bertz CT molecular complexity index is 540. The summed E-state index contributed by atoms with van der Waals surface area (Å²) < 4.78 is 33.6. The molecule has 13 heteroatoms. The van der Waals surface area contributed by atoms with E-state index in [0.29, 0.717) is 0 Å². The molecule has 9 N–H and O–H groups in total. The number of amides is 1. The van der Waals surface area contributed by atoms with Gasteiger partial charge in [-0.1, -0.05) is 0 Å². The highest BCUT2D eigenvalue weighted by atomic mass is 19.2. The molecule has 0 aliphatic carbocycles. The first-order chi connectivity index (χ1) is 11.5. The molecule has 0 aromatic carbocycles. The van der Waals surface area contributed by atoms with E-state index in [9.17, 15) is 28.6 Å². The highest BCUT2D eigenvalue weighted by molar-refractivity contribution is 5.79. The lowest BCUT2D eigenvalue weighted by Crippen LogP contribution is -2.74. The number of carboxylic acid groups (broad SMARTS) is 1. The number of carbonyl (C=O) groups excluding carboxylic acids is 1. The topological polar surface area (TPSA) is 198 Å². The zero-order valence-electron chi connectivity index (χ0n) is 13.0. The lowest BCUT2D eigenvalue weighted by atomic mass is 9.86. The fourth-order valence-corrected chi connectivity index (χ4v) is 2.48. The van der Waals surface area contributed by atoms with E-state index in [4.69, 9.17) is 21.4 Å². The second kappa shape index (κ2) is 7.86. The number of aliphatic hydroxyl groups excluding tert-OH is 3. The average Bonchev–Trinajstić information content (AvgIpc) is 2.51. The molecular weight excluding hydrogens is 350 g/mol. The summed E-state index contributed by atoms with van der Waals surface area (Å²) >= 11 is 0. The minimum Gasteiger partial charge on any atom is -0.477 e. The third-order valence-electron chi connectivity index (χ3n) is 3.62. The summed E-state index contributed by atoms with van der Waals surface area (Å²) in [4.78, 5) is 22.5. The van der Waals surface area contributed by atoms with Crippen LogP contribution in [0.2, 0.25) is 0 Å². The van der Waals surface area contributed by atoms with Crippen LogP contribution < -0.4 is 16.4 Å². The monoisotopic (exact) mass is 370 g/mol. The van der Waals surface area contributed by atoms with Gasteiger partial charge in [0.1, 0.15) is 18.3 Å². The van der Waals surface area contributed by atoms with Crippen LogP contribution in [0, 0.1) is 5.41 Å². The van der Waals surface area contributed by atoms with Gasteiger partial charge in [0, 0.05) is 6.92 Å². The van der Waals surface area contributed by atoms with Crippen molar-refractivity contribution >= 4 is 17.8 Å². The second-order valence-electron chi connectivity index (χ2n) is 5.49. The van der Waals surface area contributed by atoms with Gasteiger partial charge >= 0.3 is 11.8 Å². The van der Waals surface area contributed by atoms with Gasteiger partial charge in [-0.3, -0.25) is 10.2 Å². The van der Waals surface area contributed by atoms with Gasteiger partial charge in [-0.15, -0.1) is 0 Å². The van der Waals surface area contributed by atoms with Crippen molar-refractivity contribution in [1.82, 2.24) is 10.6 Å². The molecule has 0 bridgehead atoms. The highest BCUT2D eigenvalue weighted by Gasteiger charge is 2.63. The molecule has 1 heterocycles. The van der Waals surface area contributed by atoms with Gasteiger partial charge in [-0.25, -0.2) is 9.18 Å². The number of nitrogens with one attached hydrogen (secondary N) is 3. The molecule has 0 aromatic heterocycles. The minimum atomic E-state index is -3.97. The number of nitrogens with two attached hydrogens (primary N) is 1. The lowest BCUT2D eigenvalue weighted by molar-refractivity contribution is -0.277. The lowest BCUT2D eigenvalue weighted by Gasteiger charge is -2.47. The number of ether oxygens (including phenoxy) is 1. The van der Waals surface area contributed by atoms with Crippen molar-refractivity contribution in [2.45, 2.75) is 49.3 Å². The van der Waals surface area contributed by atoms with Crippen molar-refractivity contribution in [3.63, 3.8) is 0 Å². The molecule has 1 aliphatic rings. The summed E-state index contributed by atoms with van der Waals surface area (Å²) in [7, 11) is 0. The van der Waals surface area contributed by atoms with Crippen molar-refractivity contribution in [2.24, 2.45) is 5.73 Å². The maximum absolute atomic E-state index is 14.6. The number of guanidine groups is 1. The number of aliphatic carboxylic acids is 1. The first-order valence-corrected chi connectivity index (χ1v) is 7.04. The van der Waals surface area contributed by atoms with Crippen LogP contribution in [0.5, 0.6) is 0 Å². The fourth-order valence-electron chi connectivity index (χ4n) is 2.48. The van der Waals surface area contributed by atoms with Crippen LogP contribution in [-0.2, 0) is 14.3 Å². The molecule has 0 saturated carbocycles. The van der Waals surface area contributed by atoms with Crippen LogP contribution in [0.3, 0.4) is 0 Å². The number of hydrogen-bond donors (Lipinski definition) is 8. The van der Waals surface area contributed by atoms with Crippen LogP contribution >= 0.6 is 0 Å². The summed E-state index contributed by atoms with van der Waals surface area (Å²) in [5, 5.41) is 48.6. The van der Waals surface area contributed by atoms with Crippen LogP contribution in [0.1, 0.15) is 6.92 Å². The predicted molar refractivity (Wildman–Crippen MR) is 76.8 cm³/mol. The number of rotatable bonds is 6. The zero-order chi connectivity index (χ0) is 19.5. The van der Waals surface area contributed by atoms with E-state index in [0.717, 1.165) is 6.92 Å². The van der Waals surface area contributed by atoms with E-state index in [1.165, 1.54) is 0 Å². The third-order valence-corrected chi connectivity index (χ3v) is 3.62. The van der Waals surface area contributed by atoms with Crippen molar-refractivity contribution in [1.29, 1.82) is 5.41 Å². The second-order valence-corrected chi connectivity index (χ2v) is 5.49. The molecule has 25 heavy (non-hydrogen) atoms. The quantitative estimate of drug-likeness (QED) is 0.173. The van der Waals surface area contributed by atoms with Crippen LogP contribution in [-0.4, -0.2) is 87.3 Å². The third kappa shape index (κ3) is 4.31. The molecule has 7 atom stereocenters. The molecule has 144 valence electrons. The molecule has 4 unspecified atom stereocenters. The molecule has 1 fully saturated rings. The molecule has 0 aromatic rings. The van der Waals surface area contributed by atoms with Crippen LogP contribution in [0.25, 0.3) is 0 Å². The molecule has 1 amide bonds. The molecule has 1 aliphatic heterocycles. The van der Waals surface area contributed by atoms with E-state index < -0.39 is 66.9 Å². The number of carboxylic acids is 1. The molecule has 1 rings (SSSR count). The molecule has 0 spiro atoms. The van der Waals surface area contributed by atoms with E-state index >= 15 is 0 Å². The smallest absolute Gasteiger partial charge is 0.372 e. The van der Waals surface area contributed by atoms with Crippen molar-refractivity contribution in [3.8, 4) is 0 Å². The SMILES string of the molecule is CC(=O)NC1C(NC(=N)N)C(F)[C@](F)(C(=O)O)OC1[C@H](O)[C@H](O)CO. The zero-order valence-corrected chi connectivity index (χ0v) is 13.0. The first kappa shape index (κ1) is 21.0. The summed E-state index contributed by atoms with van der Waals surface area (Å²) in [5.41, 5.74) is 5.08.